The number of fused-ring (bicyclic) bond motifs is 2. The molecule has 0 spiro atoms. The Morgan fingerprint density at radius 1 is 1.03 bits per heavy atom. The second-order valence-electron chi connectivity index (χ2n) is 10.5. The predicted molar refractivity (Wildman–Crippen MR) is 138 cm³/mol. The number of hydrogen-bond acceptors (Lipinski definition) is 5. The quantitative estimate of drug-likeness (QED) is 0.529. The Bertz CT molecular complexity index is 1190. The fourth-order valence-electron chi connectivity index (χ4n) is 5.31. The molecule has 0 radical (unpaired) electrons. The Morgan fingerprint density at radius 3 is 2.71 bits per heavy atom. The third-order valence-corrected chi connectivity index (χ3v) is 7.36. The lowest BCUT2D eigenvalue weighted by atomic mass is 9.74. The summed E-state index contributed by atoms with van der Waals surface area (Å²) in [5.74, 6) is 0.567. The van der Waals surface area contributed by atoms with Crippen LogP contribution in [0.5, 0.6) is 5.88 Å². The number of rotatable bonds is 7. The van der Waals surface area contributed by atoms with Crippen LogP contribution in [0, 0.1) is 5.41 Å². The summed E-state index contributed by atoms with van der Waals surface area (Å²) in [6.07, 6.45) is 5.80. The third-order valence-electron chi connectivity index (χ3n) is 7.36. The van der Waals surface area contributed by atoms with Gasteiger partial charge in [0.2, 0.25) is 11.4 Å². The molecular formula is C28H36N4O2. The molecule has 1 fully saturated rings. The molecule has 6 heteroatoms. The molecule has 0 saturated carbocycles. The summed E-state index contributed by atoms with van der Waals surface area (Å²) in [6, 6.07) is 14.0. The minimum Gasteiger partial charge on any atom is -0.478 e. The second-order valence-corrected chi connectivity index (χ2v) is 10.5. The Balaban J connectivity index is 1.06. The molecule has 1 N–H and O–H groups in total. The first-order valence-electron chi connectivity index (χ1n) is 12.7. The highest BCUT2D eigenvalue weighted by atomic mass is 16.5. The fraction of sp³-hybridized carbons (Fsp3) is 0.500. The summed E-state index contributed by atoms with van der Waals surface area (Å²) in [4.78, 5) is 23.8. The molecule has 34 heavy (non-hydrogen) atoms. The third kappa shape index (κ3) is 5.27. The van der Waals surface area contributed by atoms with Crippen molar-refractivity contribution in [2.45, 2.75) is 46.0 Å². The van der Waals surface area contributed by atoms with Crippen LogP contribution in [0.25, 0.3) is 11.0 Å². The van der Waals surface area contributed by atoms with Gasteiger partial charge in [-0.3, -0.25) is 9.69 Å². The van der Waals surface area contributed by atoms with Gasteiger partial charge in [-0.05, 0) is 73.4 Å². The van der Waals surface area contributed by atoms with Crippen LogP contribution in [0.15, 0.2) is 47.3 Å². The maximum absolute atomic E-state index is 11.5. The van der Waals surface area contributed by atoms with Gasteiger partial charge in [-0.1, -0.05) is 26.0 Å². The Hall–Kier alpha value is -2.86. The number of H-pyrrole nitrogens is 1. The van der Waals surface area contributed by atoms with E-state index in [-0.39, 0.29) is 5.56 Å². The van der Waals surface area contributed by atoms with Gasteiger partial charge < -0.3 is 14.6 Å². The molecule has 3 aromatic rings. The van der Waals surface area contributed by atoms with E-state index in [2.05, 4.69) is 51.8 Å². The van der Waals surface area contributed by atoms with Crippen LogP contribution in [0.2, 0.25) is 0 Å². The zero-order chi connectivity index (χ0) is 23.5. The van der Waals surface area contributed by atoms with Crippen molar-refractivity contribution in [2.75, 3.05) is 44.2 Å². The number of aromatic amines is 1. The second kappa shape index (κ2) is 9.79. The SMILES string of the molecule is CC1(C)CCc2cccc(N3CCN(CCCCOc4ccc5ccc(=O)[nH]c5n4)CC3)c2C1. The molecule has 0 atom stereocenters. The number of nitrogens with one attached hydrogen (secondary N) is 1. The lowest BCUT2D eigenvalue weighted by Gasteiger charge is -2.40. The highest BCUT2D eigenvalue weighted by Gasteiger charge is 2.29. The van der Waals surface area contributed by atoms with Gasteiger partial charge in [0, 0.05) is 49.4 Å². The normalized spacial score (nSPS) is 18.1. The monoisotopic (exact) mass is 460 g/mol. The number of nitrogens with zero attached hydrogens (tertiary/aromatic N) is 3. The fourth-order valence-corrected chi connectivity index (χ4v) is 5.31. The van der Waals surface area contributed by atoms with Crippen LogP contribution >= 0.6 is 0 Å². The van der Waals surface area contributed by atoms with Crippen LogP contribution in [0.3, 0.4) is 0 Å². The lowest BCUT2D eigenvalue weighted by molar-refractivity contribution is 0.236. The van der Waals surface area contributed by atoms with E-state index >= 15 is 0 Å². The standard InChI is InChI=1S/C28H36N4O2/c1-28(2)13-12-21-6-5-7-24(23(21)20-28)32-17-15-31(16-18-32)14-3-4-19-34-26-11-9-22-8-10-25(33)29-27(22)30-26/h5-11H,3-4,12-20H2,1-2H3,(H,29,30,33). The summed E-state index contributed by atoms with van der Waals surface area (Å²) < 4.78 is 5.83. The molecule has 0 bridgehead atoms. The van der Waals surface area contributed by atoms with E-state index in [1.54, 1.807) is 17.2 Å². The van der Waals surface area contributed by atoms with Gasteiger partial charge in [-0.2, -0.15) is 4.98 Å². The molecule has 2 aromatic heterocycles. The molecule has 2 aliphatic rings. The van der Waals surface area contributed by atoms with Crippen molar-refractivity contribution in [1.82, 2.24) is 14.9 Å². The van der Waals surface area contributed by atoms with Crippen LogP contribution in [0.4, 0.5) is 5.69 Å². The topological polar surface area (TPSA) is 61.5 Å². The summed E-state index contributed by atoms with van der Waals surface area (Å²) in [6.45, 7) is 11.0. The van der Waals surface area contributed by atoms with E-state index in [9.17, 15) is 4.79 Å². The zero-order valence-electron chi connectivity index (χ0n) is 20.5. The van der Waals surface area contributed by atoms with Crippen molar-refractivity contribution in [3.05, 3.63) is 63.9 Å². The first-order valence-corrected chi connectivity index (χ1v) is 12.7. The van der Waals surface area contributed by atoms with E-state index in [0.29, 0.717) is 23.5 Å². The lowest BCUT2D eigenvalue weighted by Crippen LogP contribution is -2.47. The number of ether oxygens (including phenoxy) is 1. The maximum atomic E-state index is 11.5. The molecule has 1 aliphatic carbocycles. The average molecular weight is 461 g/mol. The molecule has 180 valence electrons. The van der Waals surface area contributed by atoms with E-state index < -0.39 is 0 Å². The van der Waals surface area contributed by atoms with Crippen molar-refractivity contribution in [2.24, 2.45) is 5.41 Å². The summed E-state index contributed by atoms with van der Waals surface area (Å²) in [7, 11) is 0. The van der Waals surface area contributed by atoms with E-state index in [0.717, 1.165) is 51.0 Å². The number of aromatic nitrogens is 2. The Morgan fingerprint density at radius 2 is 1.85 bits per heavy atom. The van der Waals surface area contributed by atoms with Gasteiger partial charge in [0.05, 0.1) is 6.61 Å². The Kier molecular flexibility index (Phi) is 6.59. The zero-order valence-corrected chi connectivity index (χ0v) is 20.5. The van der Waals surface area contributed by atoms with E-state index in [1.807, 2.05) is 12.1 Å². The van der Waals surface area contributed by atoms with Gasteiger partial charge in [0.25, 0.3) is 0 Å². The highest BCUT2D eigenvalue weighted by molar-refractivity contribution is 5.74. The molecule has 1 saturated heterocycles. The van der Waals surface area contributed by atoms with Gasteiger partial charge in [0.15, 0.2) is 0 Å². The molecule has 5 rings (SSSR count). The van der Waals surface area contributed by atoms with Crippen molar-refractivity contribution in [1.29, 1.82) is 0 Å². The van der Waals surface area contributed by atoms with Gasteiger partial charge in [-0.25, -0.2) is 0 Å². The maximum Gasteiger partial charge on any atom is 0.249 e. The highest BCUT2D eigenvalue weighted by Crippen LogP contribution is 2.39. The Labute approximate surface area is 202 Å². The minimum atomic E-state index is -0.145. The van der Waals surface area contributed by atoms with Gasteiger partial charge in [-0.15, -0.1) is 0 Å². The summed E-state index contributed by atoms with van der Waals surface area (Å²) in [5.41, 5.74) is 5.47. The van der Waals surface area contributed by atoms with Gasteiger partial charge in [0.1, 0.15) is 5.65 Å². The average Bonchev–Trinajstić information content (AvgIpc) is 2.83. The summed E-state index contributed by atoms with van der Waals surface area (Å²) in [5, 5.41) is 0.908. The molecule has 1 aliphatic heterocycles. The molecule has 1 aromatic carbocycles. The van der Waals surface area contributed by atoms with Gasteiger partial charge >= 0.3 is 0 Å². The number of aryl methyl sites for hydroxylation is 1. The number of pyridine rings is 2. The molecule has 0 unspecified atom stereocenters. The van der Waals surface area contributed by atoms with Crippen LogP contribution in [-0.4, -0.2) is 54.2 Å². The van der Waals surface area contributed by atoms with Crippen LogP contribution in [-0.2, 0) is 12.8 Å². The molecule has 6 nitrogen and oxygen atoms in total. The summed E-state index contributed by atoms with van der Waals surface area (Å²) >= 11 is 0. The largest absolute Gasteiger partial charge is 0.478 e. The molecular weight excluding hydrogens is 424 g/mol. The predicted octanol–water partition coefficient (Wildman–Crippen LogP) is 4.42. The number of piperazine rings is 1. The molecule has 0 amide bonds. The van der Waals surface area contributed by atoms with Crippen LogP contribution < -0.4 is 15.2 Å². The number of hydrogen-bond donors (Lipinski definition) is 1. The smallest absolute Gasteiger partial charge is 0.249 e. The molecule has 3 heterocycles. The van der Waals surface area contributed by atoms with E-state index in [4.69, 9.17) is 4.74 Å². The first-order chi connectivity index (χ1) is 16.5. The van der Waals surface area contributed by atoms with Crippen molar-refractivity contribution >= 4 is 16.7 Å². The minimum absolute atomic E-state index is 0.145. The van der Waals surface area contributed by atoms with Crippen LogP contribution in [0.1, 0.15) is 44.2 Å². The van der Waals surface area contributed by atoms with Crippen molar-refractivity contribution in [3.63, 3.8) is 0 Å². The van der Waals surface area contributed by atoms with Crippen molar-refractivity contribution < 1.29 is 4.74 Å². The van der Waals surface area contributed by atoms with E-state index in [1.165, 1.54) is 31.0 Å². The van der Waals surface area contributed by atoms with Crippen molar-refractivity contribution in [3.8, 4) is 5.88 Å². The first kappa shape index (κ1) is 22.9. The number of anilines is 1. The number of benzene rings is 1. The number of unbranched alkanes of at least 4 members (excludes halogenated alkanes) is 1.